The molecule has 0 radical (unpaired) electrons. The molecular weight excluding hydrogens is 499 g/mol. The Bertz CT molecular complexity index is 1500. The average Bonchev–Trinajstić information content (AvgIpc) is 3.53. The monoisotopic (exact) mass is 523 g/mol. The second-order valence-electron chi connectivity index (χ2n) is 9.13. The number of hydrogen-bond acceptors (Lipinski definition) is 6. The number of nitrogens with one attached hydrogen (secondary N) is 1. The zero-order valence-corrected chi connectivity index (χ0v) is 21.7. The number of benzene rings is 2. The lowest BCUT2D eigenvalue weighted by atomic mass is 9.95. The molecule has 1 N–H and O–H groups in total. The van der Waals surface area contributed by atoms with Gasteiger partial charge in [-0.1, -0.05) is 12.1 Å². The van der Waals surface area contributed by atoms with E-state index in [1.54, 1.807) is 41.9 Å². The van der Waals surface area contributed by atoms with Crippen LogP contribution in [-0.2, 0) is 22.9 Å². The number of rotatable bonds is 6. The first-order valence-electron chi connectivity index (χ1n) is 11.8. The first-order valence-corrected chi connectivity index (χ1v) is 14.9. The van der Waals surface area contributed by atoms with Gasteiger partial charge < -0.3 is 5.32 Å². The number of aryl methyl sites for hydroxylation is 1. The third-order valence-corrected chi connectivity index (χ3v) is 10.9. The molecule has 2 aromatic carbocycles. The van der Waals surface area contributed by atoms with Crippen molar-refractivity contribution in [1.82, 2.24) is 9.29 Å². The number of aromatic nitrogens is 1. The van der Waals surface area contributed by atoms with Crippen molar-refractivity contribution in [2.45, 2.75) is 49.5 Å². The van der Waals surface area contributed by atoms with E-state index < -0.39 is 10.0 Å². The van der Waals surface area contributed by atoms with Crippen LogP contribution < -0.4 is 5.32 Å². The van der Waals surface area contributed by atoms with Crippen LogP contribution in [0.15, 0.2) is 53.4 Å². The van der Waals surface area contributed by atoms with E-state index in [-0.39, 0.29) is 16.8 Å². The van der Waals surface area contributed by atoms with Gasteiger partial charge in [-0.3, -0.25) is 4.79 Å². The van der Waals surface area contributed by atoms with Gasteiger partial charge in [0.2, 0.25) is 10.0 Å². The van der Waals surface area contributed by atoms with E-state index in [4.69, 9.17) is 4.98 Å². The summed E-state index contributed by atoms with van der Waals surface area (Å²) in [6.07, 6.45) is 6.12. The molecule has 1 amide bonds. The summed E-state index contributed by atoms with van der Waals surface area (Å²) in [6, 6.07) is 14.4. The molecule has 2 aliphatic rings. The predicted molar refractivity (Wildman–Crippen MR) is 142 cm³/mol. The van der Waals surface area contributed by atoms with Crippen molar-refractivity contribution in [1.29, 1.82) is 0 Å². The highest BCUT2D eigenvalue weighted by Crippen LogP contribution is 2.46. The van der Waals surface area contributed by atoms with Crippen LogP contribution in [0, 0.1) is 0 Å². The number of sulfonamides is 1. The first kappa shape index (κ1) is 22.8. The molecule has 6 rings (SSSR count). The Labute approximate surface area is 212 Å². The van der Waals surface area contributed by atoms with Crippen LogP contribution in [0.2, 0.25) is 0 Å². The van der Waals surface area contributed by atoms with Gasteiger partial charge in [0.15, 0.2) is 0 Å². The molecule has 0 spiro atoms. The molecule has 6 nitrogen and oxygen atoms in total. The Morgan fingerprint density at radius 2 is 1.77 bits per heavy atom. The zero-order valence-electron chi connectivity index (χ0n) is 19.3. The normalized spacial score (nSPS) is 15.9. The Morgan fingerprint density at radius 1 is 1.03 bits per heavy atom. The van der Waals surface area contributed by atoms with Gasteiger partial charge in [-0.05, 0) is 80.5 Å². The lowest BCUT2D eigenvalue weighted by Gasteiger charge is -2.16. The Morgan fingerprint density at radius 3 is 2.51 bits per heavy atom. The molecule has 2 aliphatic carbocycles. The summed E-state index contributed by atoms with van der Waals surface area (Å²) in [4.78, 5) is 19.6. The van der Waals surface area contributed by atoms with Crippen LogP contribution in [-0.4, -0.2) is 36.7 Å². The van der Waals surface area contributed by atoms with Crippen LogP contribution >= 0.6 is 22.7 Å². The summed E-state index contributed by atoms with van der Waals surface area (Å²) in [5.74, 6) is -0.245. The minimum atomic E-state index is -3.54. The summed E-state index contributed by atoms with van der Waals surface area (Å²) >= 11 is 3.30. The first-order chi connectivity index (χ1) is 16.9. The number of para-hydroxylation sites is 1. The van der Waals surface area contributed by atoms with Gasteiger partial charge in [-0.2, -0.15) is 4.31 Å². The Balaban J connectivity index is 1.31. The third-order valence-electron chi connectivity index (χ3n) is 6.76. The largest absolute Gasteiger partial charge is 0.313 e. The Hall–Kier alpha value is -2.59. The van der Waals surface area contributed by atoms with Gasteiger partial charge in [-0.15, -0.1) is 22.7 Å². The van der Waals surface area contributed by atoms with Crippen LogP contribution in [0.5, 0.6) is 0 Å². The van der Waals surface area contributed by atoms with Gasteiger partial charge in [0, 0.05) is 29.1 Å². The van der Waals surface area contributed by atoms with Gasteiger partial charge in [-0.25, -0.2) is 13.4 Å². The van der Waals surface area contributed by atoms with E-state index in [2.05, 4.69) is 11.4 Å². The fourth-order valence-corrected chi connectivity index (χ4v) is 8.42. The van der Waals surface area contributed by atoms with Crippen molar-refractivity contribution in [3.63, 3.8) is 0 Å². The third kappa shape index (κ3) is 4.20. The van der Waals surface area contributed by atoms with Crippen molar-refractivity contribution < 1.29 is 13.2 Å². The minimum Gasteiger partial charge on any atom is -0.313 e. The second-order valence-corrected chi connectivity index (χ2v) is 13.3. The molecule has 0 unspecified atom stereocenters. The molecule has 1 saturated carbocycles. The highest BCUT2D eigenvalue weighted by molar-refractivity contribution is 7.89. The molecule has 0 bridgehead atoms. The number of carbonyl (C=O) groups is 1. The average molecular weight is 524 g/mol. The topological polar surface area (TPSA) is 79.4 Å². The van der Waals surface area contributed by atoms with Gasteiger partial charge >= 0.3 is 0 Å². The molecule has 0 aliphatic heterocycles. The van der Waals surface area contributed by atoms with Crippen molar-refractivity contribution in [2.24, 2.45) is 0 Å². The number of thiophene rings is 1. The molecule has 0 atom stereocenters. The minimum absolute atomic E-state index is 0.0915. The van der Waals surface area contributed by atoms with E-state index >= 15 is 0 Å². The maximum absolute atomic E-state index is 13.2. The summed E-state index contributed by atoms with van der Waals surface area (Å²) < 4.78 is 28.2. The SMILES string of the molecule is CN(C1CC1)S(=O)(=O)c1ccc(C(=O)Nc2sc3c(c2-c2nc4ccccc4s2)CCCC3)cc1. The van der Waals surface area contributed by atoms with E-state index in [0.717, 1.165) is 64.3 Å². The number of hydrogen-bond donors (Lipinski definition) is 1. The lowest BCUT2D eigenvalue weighted by molar-refractivity contribution is 0.102. The number of thiazole rings is 1. The van der Waals surface area contributed by atoms with Crippen LogP contribution in [0.4, 0.5) is 5.00 Å². The highest BCUT2D eigenvalue weighted by Gasteiger charge is 2.35. The van der Waals surface area contributed by atoms with Crippen molar-refractivity contribution in [3.05, 3.63) is 64.5 Å². The Kier molecular flexibility index (Phi) is 5.75. The smallest absolute Gasteiger partial charge is 0.256 e. The van der Waals surface area contributed by atoms with E-state index in [9.17, 15) is 13.2 Å². The van der Waals surface area contributed by atoms with Crippen LogP contribution in [0.1, 0.15) is 46.5 Å². The molecule has 2 aromatic heterocycles. The highest BCUT2D eigenvalue weighted by atomic mass is 32.2. The predicted octanol–water partition coefficient (Wildman–Crippen LogP) is 5.94. The van der Waals surface area contributed by atoms with Gasteiger partial charge in [0.25, 0.3) is 5.91 Å². The summed E-state index contributed by atoms with van der Waals surface area (Å²) in [5.41, 5.74) is 3.75. The quantitative estimate of drug-likeness (QED) is 0.339. The fourth-order valence-electron chi connectivity index (χ4n) is 4.61. The molecular formula is C26H25N3O3S3. The summed E-state index contributed by atoms with van der Waals surface area (Å²) in [6.45, 7) is 0. The molecule has 9 heteroatoms. The van der Waals surface area contributed by atoms with Gasteiger partial charge in [0.05, 0.1) is 15.1 Å². The molecule has 1 fully saturated rings. The molecule has 2 heterocycles. The lowest BCUT2D eigenvalue weighted by Crippen LogP contribution is -2.29. The van der Waals surface area contributed by atoms with Crippen molar-refractivity contribution in [3.8, 4) is 10.6 Å². The van der Waals surface area contributed by atoms with E-state index in [1.807, 2.05) is 18.2 Å². The number of amides is 1. The maximum atomic E-state index is 13.2. The standard InChI is InChI=1S/C26H25N3O3S3/c1-29(17-12-13-17)35(31,32)18-14-10-16(11-15-18)24(30)28-26-23(19-6-2-4-8-21(19)33-26)25-27-20-7-3-5-9-22(20)34-25/h3,5,7,9-11,14-15,17H,2,4,6,8,12-13H2,1H3,(H,28,30). The maximum Gasteiger partial charge on any atom is 0.256 e. The summed E-state index contributed by atoms with van der Waals surface area (Å²) in [5, 5.41) is 4.88. The summed E-state index contributed by atoms with van der Waals surface area (Å²) in [7, 11) is -1.92. The van der Waals surface area contributed by atoms with Gasteiger partial charge in [0.1, 0.15) is 10.0 Å². The van der Waals surface area contributed by atoms with Crippen molar-refractivity contribution >= 4 is 53.8 Å². The van der Waals surface area contributed by atoms with Crippen LogP contribution in [0.3, 0.4) is 0 Å². The number of fused-ring (bicyclic) bond motifs is 2. The molecule has 4 aromatic rings. The molecule has 180 valence electrons. The number of nitrogens with zero attached hydrogens (tertiary/aromatic N) is 2. The van der Waals surface area contributed by atoms with E-state index in [1.165, 1.54) is 26.9 Å². The van der Waals surface area contributed by atoms with Crippen LogP contribution in [0.25, 0.3) is 20.8 Å². The fraction of sp³-hybridized carbons (Fsp3) is 0.308. The van der Waals surface area contributed by atoms with Crippen molar-refractivity contribution in [2.75, 3.05) is 12.4 Å². The second kappa shape index (κ2) is 8.81. The molecule has 35 heavy (non-hydrogen) atoms. The zero-order chi connectivity index (χ0) is 24.2. The molecule has 0 saturated heterocycles. The number of anilines is 1. The number of carbonyl (C=O) groups excluding carboxylic acids is 1. The van der Waals surface area contributed by atoms with E-state index in [0.29, 0.717) is 5.56 Å².